The van der Waals surface area contributed by atoms with Gasteiger partial charge in [0.25, 0.3) is 5.91 Å². The summed E-state index contributed by atoms with van der Waals surface area (Å²) in [4.78, 5) is 36.5. The third kappa shape index (κ3) is 5.62. The van der Waals surface area contributed by atoms with Gasteiger partial charge in [0.1, 0.15) is 23.7 Å². The lowest BCUT2D eigenvalue weighted by Crippen LogP contribution is -2.48. The zero-order valence-electron chi connectivity index (χ0n) is 19.0. The molecule has 0 bridgehead atoms. The van der Waals surface area contributed by atoms with Gasteiger partial charge in [-0.25, -0.2) is 14.6 Å². The Bertz CT molecular complexity index is 1270. The molecule has 0 radical (unpaired) electrons. The normalized spacial score (nSPS) is 15.7. The molecule has 3 aromatic rings. The minimum atomic E-state index is -1.13. The number of anilines is 1. The van der Waals surface area contributed by atoms with Crippen LogP contribution in [-0.4, -0.2) is 61.1 Å². The number of likely N-dealkylation sites (N-methyl/N-ethyl adjacent to an activating group) is 1. The van der Waals surface area contributed by atoms with Crippen molar-refractivity contribution in [2.24, 2.45) is 0 Å². The summed E-state index contributed by atoms with van der Waals surface area (Å²) in [6.07, 6.45) is 3.07. The van der Waals surface area contributed by atoms with Crippen molar-refractivity contribution in [2.75, 3.05) is 17.7 Å². The summed E-state index contributed by atoms with van der Waals surface area (Å²) in [7, 11) is 1.64. The van der Waals surface area contributed by atoms with Gasteiger partial charge in [-0.3, -0.25) is 9.59 Å². The third-order valence-corrected chi connectivity index (χ3v) is 6.11. The Morgan fingerprint density at radius 2 is 2.06 bits per heavy atom. The molecule has 1 aliphatic heterocycles. The molecule has 0 fully saturated rings. The van der Waals surface area contributed by atoms with Crippen molar-refractivity contribution in [2.45, 2.75) is 36.9 Å². The predicted octanol–water partition coefficient (Wildman–Crippen LogP) is 1.71. The number of aliphatic hydroxyl groups is 1. The first kappa shape index (κ1) is 23.5. The quantitative estimate of drug-likeness (QED) is 0.551. The SMILES string of the molecule is CN1C(=O)[C@@H](NC(=O)c2ncn(Cc3ccccc3)n2)CSc2cc(C#CC(C)(C)O)ncc21. The Morgan fingerprint density at radius 3 is 2.79 bits per heavy atom. The average Bonchev–Trinajstić information content (AvgIpc) is 3.24. The van der Waals surface area contributed by atoms with Gasteiger partial charge in [0.2, 0.25) is 11.7 Å². The number of carbonyl (C=O) groups is 2. The Morgan fingerprint density at radius 1 is 1.29 bits per heavy atom. The Balaban J connectivity index is 1.45. The fourth-order valence-electron chi connectivity index (χ4n) is 3.25. The second-order valence-corrected chi connectivity index (χ2v) is 9.39. The monoisotopic (exact) mass is 476 g/mol. The fraction of sp³-hybridized carbons (Fsp3) is 0.292. The number of amides is 2. The van der Waals surface area contributed by atoms with E-state index in [1.165, 1.54) is 23.0 Å². The van der Waals surface area contributed by atoms with Gasteiger partial charge in [0.05, 0.1) is 18.4 Å². The minimum absolute atomic E-state index is 0.00370. The second kappa shape index (κ2) is 9.67. The van der Waals surface area contributed by atoms with Crippen molar-refractivity contribution >= 4 is 29.3 Å². The lowest BCUT2D eigenvalue weighted by atomic mass is 10.1. The molecule has 1 aliphatic rings. The van der Waals surface area contributed by atoms with Gasteiger partial charge in [-0.05, 0) is 31.4 Å². The summed E-state index contributed by atoms with van der Waals surface area (Å²) < 4.78 is 1.58. The summed E-state index contributed by atoms with van der Waals surface area (Å²) >= 11 is 1.42. The minimum Gasteiger partial charge on any atom is -0.378 e. The molecule has 0 unspecified atom stereocenters. The van der Waals surface area contributed by atoms with Gasteiger partial charge in [0, 0.05) is 17.7 Å². The highest BCUT2D eigenvalue weighted by Gasteiger charge is 2.31. The van der Waals surface area contributed by atoms with Gasteiger partial charge < -0.3 is 15.3 Å². The van der Waals surface area contributed by atoms with E-state index in [-0.39, 0.29) is 11.7 Å². The molecule has 0 spiro atoms. The van der Waals surface area contributed by atoms with Crippen LogP contribution in [0.4, 0.5) is 5.69 Å². The van der Waals surface area contributed by atoms with E-state index < -0.39 is 17.6 Å². The maximum Gasteiger partial charge on any atom is 0.291 e. The third-order valence-electron chi connectivity index (χ3n) is 4.97. The molecule has 34 heavy (non-hydrogen) atoms. The molecule has 2 aromatic heterocycles. The first-order chi connectivity index (χ1) is 16.2. The summed E-state index contributed by atoms with van der Waals surface area (Å²) in [5.74, 6) is 5.14. The van der Waals surface area contributed by atoms with Gasteiger partial charge in [-0.2, -0.15) is 0 Å². The second-order valence-electron chi connectivity index (χ2n) is 8.33. The number of fused-ring (bicyclic) bond motifs is 1. The molecule has 0 saturated heterocycles. The van der Waals surface area contributed by atoms with Crippen molar-refractivity contribution in [3.63, 3.8) is 0 Å². The van der Waals surface area contributed by atoms with E-state index in [0.29, 0.717) is 23.7 Å². The molecule has 4 rings (SSSR count). The van der Waals surface area contributed by atoms with Crippen molar-refractivity contribution in [3.8, 4) is 11.8 Å². The number of pyridine rings is 1. The summed E-state index contributed by atoms with van der Waals surface area (Å²) in [6, 6.07) is 10.7. The highest BCUT2D eigenvalue weighted by molar-refractivity contribution is 7.99. The summed E-state index contributed by atoms with van der Waals surface area (Å²) in [5, 5.41) is 16.8. The van der Waals surface area contributed by atoms with Crippen molar-refractivity contribution < 1.29 is 14.7 Å². The average molecular weight is 477 g/mol. The standard InChI is InChI=1S/C24H24N6O3S/c1-24(2,33)10-9-17-11-20-19(12-25-17)29(3)23(32)18(14-34-20)27-22(31)21-26-15-30(28-21)13-16-7-5-4-6-8-16/h4-8,11-12,15,18,33H,13-14H2,1-3H3,(H,27,31)/t18-/m0/s1. The van der Waals surface area contributed by atoms with Crippen LogP contribution in [0.1, 0.15) is 35.7 Å². The van der Waals surface area contributed by atoms with Crippen LogP contribution in [0, 0.1) is 11.8 Å². The van der Waals surface area contributed by atoms with E-state index >= 15 is 0 Å². The van der Waals surface area contributed by atoms with E-state index in [4.69, 9.17) is 0 Å². The number of nitrogens with one attached hydrogen (secondary N) is 1. The molecule has 9 nitrogen and oxygen atoms in total. The number of hydrogen-bond acceptors (Lipinski definition) is 7. The van der Waals surface area contributed by atoms with Crippen LogP contribution >= 0.6 is 11.8 Å². The van der Waals surface area contributed by atoms with Gasteiger partial charge >= 0.3 is 0 Å². The van der Waals surface area contributed by atoms with E-state index in [2.05, 4.69) is 32.2 Å². The van der Waals surface area contributed by atoms with Crippen LogP contribution in [-0.2, 0) is 11.3 Å². The van der Waals surface area contributed by atoms with Crippen molar-refractivity contribution in [1.29, 1.82) is 0 Å². The lowest BCUT2D eigenvalue weighted by Gasteiger charge is -2.20. The van der Waals surface area contributed by atoms with E-state index in [1.807, 2.05) is 30.3 Å². The Labute approximate surface area is 201 Å². The molecular weight excluding hydrogens is 452 g/mol. The molecule has 2 N–H and O–H groups in total. The highest BCUT2D eigenvalue weighted by atomic mass is 32.2. The van der Waals surface area contributed by atoms with Gasteiger partial charge in [0.15, 0.2) is 0 Å². The number of thioether (sulfide) groups is 1. The number of hydrogen-bond donors (Lipinski definition) is 2. The molecule has 1 atom stereocenters. The van der Waals surface area contributed by atoms with Crippen LogP contribution in [0.5, 0.6) is 0 Å². The van der Waals surface area contributed by atoms with Gasteiger partial charge in [-0.1, -0.05) is 36.3 Å². The molecule has 0 saturated carbocycles. The number of benzene rings is 1. The molecule has 10 heteroatoms. The smallest absolute Gasteiger partial charge is 0.291 e. The fourth-order valence-corrected chi connectivity index (χ4v) is 4.36. The van der Waals surface area contributed by atoms with Gasteiger partial charge in [-0.15, -0.1) is 16.9 Å². The topological polar surface area (TPSA) is 113 Å². The first-order valence-corrected chi connectivity index (χ1v) is 11.6. The van der Waals surface area contributed by atoms with E-state index in [0.717, 1.165) is 10.5 Å². The molecular formula is C24H24N6O3S. The highest BCUT2D eigenvalue weighted by Crippen LogP contribution is 2.33. The van der Waals surface area contributed by atoms with Crippen LogP contribution in [0.15, 0.2) is 53.8 Å². The van der Waals surface area contributed by atoms with Crippen LogP contribution in [0.25, 0.3) is 0 Å². The number of nitrogens with zero attached hydrogens (tertiary/aromatic N) is 5. The van der Waals surface area contributed by atoms with Crippen molar-refractivity contribution in [1.82, 2.24) is 25.1 Å². The molecule has 3 heterocycles. The van der Waals surface area contributed by atoms with Crippen molar-refractivity contribution in [3.05, 3.63) is 66.0 Å². The zero-order valence-corrected chi connectivity index (χ0v) is 19.8. The molecule has 174 valence electrons. The Kier molecular flexibility index (Phi) is 6.68. The summed E-state index contributed by atoms with van der Waals surface area (Å²) in [6.45, 7) is 3.68. The van der Waals surface area contributed by atoms with Crippen LogP contribution < -0.4 is 10.2 Å². The van der Waals surface area contributed by atoms with Crippen LogP contribution in [0.2, 0.25) is 0 Å². The largest absolute Gasteiger partial charge is 0.378 e. The molecule has 1 aromatic carbocycles. The lowest BCUT2D eigenvalue weighted by molar-refractivity contribution is -0.119. The Hall–Kier alpha value is -3.68. The maximum atomic E-state index is 13.0. The predicted molar refractivity (Wildman–Crippen MR) is 128 cm³/mol. The molecule has 2 amide bonds. The van der Waals surface area contributed by atoms with E-state index in [1.54, 1.807) is 37.8 Å². The number of aromatic nitrogens is 4. The zero-order chi connectivity index (χ0) is 24.3. The first-order valence-electron chi connectivity index (χ1n) is 10.6. The number of rotatable bonds is 4. The summed E-state index contributed by atoms with van der Waals surface area (Å²) in [5.41, 5.74) is 1.02. The maximum absolute atomic E-state index is 13.0. The molecule has 0 aliphatic carbocycles. The number of carbonyl (C=O) groups excluding carboxylic acids is 2. The van der Waals surface area contributed by atoms with Crippen LogP contribution in [0.3, 0.4) is 0 Å². The van der Waals surface area contributed by atoms with E-state index in [9.17, 15) is 14.7 Å².